The first kappa shape index (κ1) is 18.1. The molecule has 0 bridgehead atoms. The van der Waals surface area contributed by atoms with Crippen LogP contribution < -0.4 is 0 Å². The molecule has 1 aliphatic rings. The molecular weight excluding hydrogens is 334 g/mol. The Morgan fingerprint density at radius 1 is 1.44 bits per heavy atom. The van der Waals surface area contributed by atoms with E-state index in [4.69, 9.17) is 4.98 Å². The molecule has 5 nitrogen and oxygen atoms in total. The maximum absolute atomic E-state index is 11.6. The van der Waals surface area contributed by atoms with Crippen molar-refractivity contribution in [2.75, 3.05) is 20.6 Å². The fraction of sp³-hybridized carbons (Fsp3) is 0.579. The van der Waals surface area contributed by atoms with E-state index in [-0.39, 0.29) is 6.04 Å². The van der Waals surface area contributed by atoms with E-state index < -0.39 is 6.09 Å². The Morgan fingerprint density at radius 3 is 2.88 bits per heavy atom. The van der Waals surface area contributed by atoms with Gasteiger partial charge in [-0.05, 0) is 57.5 Å². The van der Waals surface area contributed by atoms with Crippen LogP contribution in [0.4, 0.5) is 4.79 Å². The van der Waals surface area contributed by atoms with Gasteiger partial charge in [0.25, 0.3) is 0 Å². The van der Waals surface area contributed by atoms with Gasteiger partial charge in [-0.25, -0.2) is 9.78 Å². The lowest BCUT2D eigenvalue weighted by atomic mass is 9.90. The zero-order valence-corrected chi connectivity index (χ0v) is 16.2. The average Bonchev–Trinajstić information content (AvgIpc) is 2.95. The summed E-state index contributed by atoms with van der Waals surface area (Å²) in [6.45, 7) is 4.93. The van der Waals surface area contributed by atoms with E-state index in [2.05, 4.69) is 51.0 Å². The molecule has 1 aliphatic heterocycles. The second kappa shape index (κ2) is 7.30. The van der Waals surface area contributed by atoms with Gasteiger partial charge in [-0.3, -0.25) is 0 Å². The molecule has 1 N–H and O–H groups in total. The first-order valence-corrected chi connectivity index (χ1v) is 9.72. The summed E-state index contributed by atoms with van der Waals surface area (Å²) in [5, 5.41) is 10.7. The molecule has 6 heteroatoms. The van der Waals surface area contributed by atoms with Gasteiger partial charge in [0, 0.05) is 19.0 Å². The Bertz CT molecular complexity index is 758. The molecule has 0 aliphatic carbocycles. The van der Waals surface area contributed by atoms with Crippen LogP contribution in [0.5, 0.6) is 0 Å². The molecule has 1 fully saturated rings. The summed E-state index contributed by atoms with van der Waals surface area (Å²) in [4.78, 5) is 20.2. The second-order valence-electron chi connectivity index (χ2n) is 7.48. The fourth-order valence-electron chi connectivity index (χ4n) is 3.43. The number of nitrogens with zero attached hydrogens (tertiary/aromatic N) is 3. The van der Waals surface area contributed by atoms with E-state index in [1.54, 1.807) is 16.2 Å². The van der Waals surface area contributed by atoms with Gasteiger partial charge in [-0.15, -0.1) is 11.3 Å². The van der Waals surface area contributed by atoms with Crippen LogP contribution in [-0.2, 0) is 6.42 Å². The molecule has 2 heterocycles. The summed E-state index contributed by atoms with van der Waals surface area (Å²) in [6.07, 6.45) is 2.06. The highest BCUT2D eigenvalue weighted by atomic mass is 32.1. The summed E-state index contributed by atoms with van der Waals surface area (Å²) < 4.78 is 1.18. The largest absolute Gasteiger partial charge is 0.465 e. The summed E-state index contributed by atoms with van der Waals surface area (Å²) in [5.41, 5.74) is 2.06. The van der Waals surface area contributed by atoms with Crippen LogP contribution in [-0.4, -0.2) is 52.7 Å². The van der Waals surface area contributed by atoms with Crippen molar-refractivity contribution in [3.63, 3.8) is 0 Å². The first-order chi connectivity index (χ1) is 11.8. The first-order valence-electron chi connectivity index (χ1n) is 8.90. The zero-order valence-electron chi connectivity index (χ0n) is 15.4. The Morgan fingerprint density at radius 2 is 2.20 bits per heavy atom. The summed E-state index contributed by atoms with van der Waals surface area (Å²) in [5.74, 6) is 0.425. The van der Waals surface area contributed by atoms with Crippen LogP contribution in [0.15, 0.2) is 18.2 Å². The molecule has 136 valence electrons. The number of carboxylic acid groups (broad SMARTS) is 1. The minimum atomic E-state index is -0.824. The lowest BCUT2D eigenvalue weighted by Gasteiger charge is -2.37. The van der Waals surface area contributed by atoms with Crippen LogP contribution in [0.3, 0.4) is 0 Å². The minimum Gasteiger partial charge on any atom is -0.465 e. The average molecular weight is 362 g/mol. The quantitative estimate of drug-likeness (QED) is 0.885. The molecular formula is C19H27N3O2S. The number of amides is 1. The standard InChI is InChI=1S/C19H27N3O2S/c1-12-5-7-16(22(11-12)19(23)24)14-6-8-17-15(10-14)20-18(25-17)9-13(2)21(3)4/h6,8,10,12-13,16H,5,7,9,11H2,1-4H3,(H,23,24)/t12-,13-,16+/m0/s1. The molecule has 2 aromatic rings. The monoisotopic (exact) mass is 361 g/mol. The maximum Gasteiger partial charge on any atom is 0.407 e. The molecule has 0 saturated carbocycles. The van der Waals surface area contributed by atoms with Crippen molar-refractivity contribution in [1.82, 2.24) is 14.8 Å². The van der Waals surface area contributed by atoms with Gasteiger partial charge < -0.3 is 14.9 Å². The van der Waals surface area contributed by atoms with Crippen LogP contribution in [0.25, 0.3) is 10.2 Å². The molecule has 3 atom stereocenters. The van der Waals surface area contributed by atoms with Gasteiger partial charge in [0.05, 0.1) is 21.3 Å². The van der Waals surface area contributed by atoms with Crippen molar-refractivity contribution in [2.45, 2.75) is 45.2 Å². The number of fused-ring (bicyclic) bond motifs is 1. The smallest absolute Gasteiger partial charge is 0.407 e. The fourth-order valence-corrected chi connectivity index (χ4v) is 4.50. The van der Waals surface area contributed by atoms with Gasteiger partial charge in [0.15, 0.2) is 0 Å². The molecule has 0 unspecified atom stereocenters. The van der Waals surface area contributed by atoms with E-state index in [9.17, 15) is 9.90 Å². The Labute approximate surface area is 153 Å². The summed E-state index contributed by atoms with van der Waals surface area (Å²) in [7, 11) is 4.17. The van der Waals surface area contributed by atoms with Crippen LogP contribution in [0.1, 0.15) is 43.3 Å². The van der Waals surface area contributed by atoms with E-state index in [1.165, 1.54) is 4.70 Å². The van der Waals surface area contributed by atoms with Crippen molar-refractivity contribution in [2.24, 2.45) is 5.92 Å². The van der Waals surface area contributed by atoms with Crippen LogP contribution in [0.2, 0.25) is 0 Å². The SMILES string of the molecule is C[C@H]1CC[C@H](c2ccc3sc(C[C@H](C)N(C)C)nc3c2)N(C(=O)O)C1. The van der Waals surface area contributed by atoms with Crippen molar-refractivity contribution < 1.29 is 9.90 Å². The van der Waals surface area contributed by atoms with E-state index in [0.29, 0.717) is 18.5 Å². The molecule has 1 aromatic carbocycles. The van der Waals surface area contributed by atoms with Crippen LogP contribution >= 0.6 is 11.3 Å². The van der Waals surface area contributed by atoms with E-state index in [0.717, 1.165) is 35.4 Å². The number of benzene rings is 1. The predicted molar refractivity (Wildman–Crippen MR) is 102 cm³/mol. The number of likely N-dealkylation sites (tertiary alicyclic amines) is 1. The highest BCUT2D eigenvalue weighted by Gasteiger charge is 2.31. The number of carbonyl (C=O) groups is 1. The number of hydrogen-bond acceptors (Lipinski definition) is 4. The normalized spacial score (nSPS) is 22.5. The second-order valence-corrected chi connectivity index (χ2v) is 8.60. The molecule has 1 amide bonds. The molecule has 1 saturated heterocycles. The number of piperidine rings is 1. The van der Waals surface area contributed by atoms with Crippen molar-refractivity contribution in [3.8, 4) is 0 Å². The van der Waals surface area contributed by atoms with Gasteiger partial charge >= 0.3 is 6.09 Å². The molecule has 1 aromatic heterocycles. The topological polar surface area (TPSA) is 56.7 Å². The van der Waals surface area contributed by atoms with Gasteiger partial charge in [0.1, 0.15) is 0 Å². The number of aromatic nitrogens is 1. The lowest BCUT2D eigenvalue weighted by molar-refractivity contribution is 0.0900. The molecule has 25 heavy (non-hydrogen) atoms. The third-order valence-electron chi connectivity index (χ3n) is 5.26. The van der Waals surface area contributed by atoms with Gasteiger partial charge in [-0.2, -0.15) is 0 Å². The third kappa shape index (κ3) is 3.96. The van der Waals surface area contributed by atoms with E-state index >= 15 is 0 Å². The third-order valence-corrected chi connectivity index (χ3v) is 6.31. The Hall–Kier alpha value is -1.66. The molecule has 0 radical (unpaired) electrons. The Kier molecular flexibility index (Phi) is 5.29. The minimum absolute atomic E-state index is 0.0519. The van der Waals surface area contributed by atoms with Crippen molar-refractivity contribution in [3.05, 3.63) is 28.8 Å². The maximum atomic E-state index is 11.6. The molecule has 0 spiro atoms. The number of hydrogen-bond donors (Lipinski definition) is 1. The number of likely N-dealkylation sites (N-methyl/N-ethyl adjacent to an activating group) is 1. The van der Waals surface area contributed by atoms with Crippen molar-refractivity contribution >= 4 is 27.6 Å². The number of thiazole rings is 1. The van der Waals surface area contributed by atoms with E-state index in [1.807, 2.05) is 0 Å². The van der Waals surface area contributed by atoms with Crippen LogP contribution in [0, 0.1) is 5.92 Å². The summed E-state index contributed by atoms with van der Waals surface area (Å²) >= 11 is 1.74. The van der Waals surface area contributed by atoms with Crippen molar-refractivity contribution in [1.29, 1.82) is 0 Å². The lowest BCUT2D eigenvalue weighted by Crippen LogP contribution is -2.40. The zero-order chi connectivity index (χ0) is 18.1. The molecule has 3 rings (SSSR count). The highest BCUT2D eigenvalue weighted by molar-refractivity contribution is 7.18. The van der Waals surface area contributed by atoms with Gasteiger partial charge in [-0.1, -0.05) is 13.0 Å². The highest BCUT2D eigenvalue weighted by Crippen LogP contribution is 2.35. The van der Waals surface area contributed by atoms with Gasteiger partial charge in [0.2, 0.25) is 0 Å². The Balaban J connectivity index is 1.86. The predicted octanol–water partition coefficient (Wildman–Crippen LogP) is 4.24. The number of rotatable bonds is 4. The summed E-state index contributed by atoms with van der Waals surface area (Å²) in [6, 6.07) is 6.67.